The predicted octanol–water partition coefficient (Wildman–Crippen LogP) is 2.63. The summed E-state index contributed by atoms with van der Waals surface area (Å²) in [6.45, 7) is 2.93. The molecule has 1 unspecified atom stereocenters. The van der Waals surface area contributed by atoms with Gasteiger partial charge in [-0.2, -0.15) is 0 Å². The van der Waals surface area contributed by atoms with Gasteiger partial charge in [0.15, 0.2) is 17.1 Å². The number of para-hydroxylation sites is 2. The van der Waals surface area contributed by atoms with Crippen LogP contribution in [0.1, 0.15) is 24.9 Å². The molecule has 0 saturated carbocycles. The molecule has 0 bridgehead atoms. The first-order chi connectivity index (χ1) is 13.2. The van der Waals surface area contributed by atoms with Crippen LogP contribution in [0, 0.1) is 0 Å². The van der Waals surface area contributed by atoms with Gasteiger partial charge in [0.25, 0.3) is 0 Å². The average Bonchev–Trinajstić information content (AvgIpc) is 3.01. The van der Waals surface area contributed by atoms with Crippen molar-refractivity contribution in [3.05, 3.63) is 58.6 Å². The van der Waals surface area contributed by atoms with Crippen LogP contribution in [0.2, 0.25) is 0 Å². The lowest BCUT2D eigenvalue weighted by molar-refractivity contribution is -0.122. The van der Waals surface area contributed by atoms with Gasteiger partial charge in [-0.1, -0.05) is 25.1 Å². The number of ether oxygens (including phenoxy) is 2. The van der Waals surface area contributed by atoms with E-state index < -0.39 is 5.76 Å². The maximum Gasteiger partial charge on any atom is 0.420 e. The van der Waals surface area contributed by atoms with E-state index in [-0.39, 0.29) is 18.5 Å². The van der Waals surface area contributed by atoms with E-state index in [1.54, 1.807) is 24.3 Å². The summed E-state index contributed by atoms with van der Waals surface area (Å²) in [5.74, 6) is 0.593. The van der Waals surface area contributed by atoms with Gasteiger partial charge in [-0.25, -0.2) is 4.79 Å². The Morgan fingerprint density at radius 3 is 2.74 bits per heavy atom. The van der Waals surface area contributed by atoms with Gasteiger partial charge in [-0.3, -0.25) is 9.36 Å². The molecule has 1 N–H and O–H groups in total. The van der Waals surface area contributed by atoms with Crippen LogP contribution in [0.4, 0.5) is 0 Å². The van der Waals surface area contributed by atoms with Gasteiger partial charge >= 0.3 is 5.76 Å². The van der Waals surface area contributed by atoms with E-state index in [4.69, 9.17) is 13.9 Å². The molecule has 1 aromatic heterocycles. The second kappa shape index (κ2) is 7.19. The molecule has 1 aliphatic rings. The molecule has 140 valence electrons. The van der Waals surface area contributed by atoms with Crippen molar-refractivity contribution < 1.29 is 18.7 Å². The Bertz CT molecular complexity index is 1040. The lowest BCUT2D eigenvalue weighted by Crippen LogP contribution is -2.33. The lowest BCUT2D eigenvalue weighted by atomic mass is 10.0. The summed E-state index contributed by atoms with van der Waals surface area (Å²) >= 11 is 0. The summed E-state index contributed by atoms with van der Waals surface area (Å²) in [5.41, 5.74) is 2.00. The molecule has 27 heavy (non-hydrogen) atoms. The van der Waals surface area contributed by atoms with E-state index >= 15 is 0 Å². The molecule has 0 radical (unpaired) electrons. The van der Waals surface area contributed by atoms with Crippen LogP contribution in [0.25, 0.3) is 11.1 Å². The summed E-state index contributed by atoms with van der Waals surface area (Å²) in [4.78, 5) is 24.6. The third-order valence-electron chi connectivity index (χ3n) is 4.59. The van der Waals surface area contributed by atoms with E-state index in [9.17, 15) is 9.59 Å². The fourth-order valence-electron chi connectivity index (χ4n) is 3.25. The van der Waals surface area contributed by atoms with Crippen LogP contribution in [0.5, 0.6) is 11.5 Å². The van der Waals surface area contributed by atoms with E-state index in [0.717, 1.165) is 5.56 Å². The Hall–Kier alpha value is -3.22. The highest BCUT2D eigenvalue weighted by Crippen LogP contribution is 2.33. The Labute approximate surface area is 155 Å². The standard InChI is InChI=1S/C20H20N2O5/c1-2-14(13-7-8-17-18(11-13)26-10-9-25-17)21-19(23)12-22-15-5-3-4-6-16(15)27-20(22)24/h3-8,11,14H,2,9-10,12H2,1H3,(H,21,23). The first kappa shape index (κ1) is 17.2. The van der Waals surface area contributed by atoms with Crippen molar-refractivity contribution in [2.45, 2.75) is 25.9 Å². The minimum Gasteiger partial charge on any atom is -0.486 e. The van der Waals surface area contributed by atoms with Crippen molar-refractivity contribution >= 4 is 17.0 Å². The number of hydrogen-bond donors (Lipinski definition) is 1. The molecule has 7 nitrogen and oxygen atoms in total. The second-order valence-electron chi connectivity index (χ2n) is 6.35. The number of amides is 1. The molecule has 3 aromatic rings. The van der Waals surface area contributed by atoms with Crippen LogP contribution < -0.4 is 20.5 Å². The van der Waals surface area contributed by atoms with Gasteiger partial charge in [0, 0.05) is 0 Å². The number of nitrogens with zero attached hydrogens (tertiary/aromatic N) is 1. The third-order valence-corrected chi connectivity index (χ3v) is 4.59. The van der Waals surface area contributed by atoms with Gasteiger partial charge in [0.05, 0.1) is 11.6 Å². The van der Waals surface area contributed by atoms with Crippen LogP contribution >= 0.6 is 0 Å². The van der Waals surface area contributed by atoms with Gasteiger partial charge in [0.2, 0.25) is 5.91 Å². The average molecular weight is 368 g/mol. The Morgan fingerprint density at radius 2 is 1.93 bits per heavy atom. The summed E-state index contributed by atoms with van der Waals surface area (Å²) in [6.07, 6.45) is 0.701. The van der Waals surface area contributed by atoms with Crippen LogP contribution in [0.15, 0.2) is 51.7 Å². The van der Waals surface area contributed by atoms with Gasteiger partial charge in [-0.15, -0.1) is 0 Å². The molecular weight excluding hydrogens is 348 g/mol. The number of hydrogen-bond acceptors (Lipinski definition) is 5. The molecule has 2 aromatic carbocycles. The number of nitrogens with one attached hydrogen (secondary N) is 1. The topological polar surface area (TPSA) is 82.7 Å². The highest BCUT2D eigenvalue weighted by molar-refractivity contribution is 5.79. The van der Waals surface area contributed by atoms with Gasteiger partial charge in [-0.05, 0) is 36.2 Å². The number of oxazole rings is 1. The molecule has 4 rings (SSSR count). The number of carbonyl (C=O) groups excluding carboxylic acids is 1. The van der Waals surface area contributed by atoms with Crippen molar-refractivity contribution in [3.8, 4) is 11.5 Å². The highest BCUT2D eigenvalue weighted by Gasteiger charge is 2.19. The minimum absolute atomic E-state index is 0.100. The number of aromatic nitrogens is 1. The summed E-state index contributed by atoms with van der Waals surface area (Å²) in [5, 5.41) is 2.98. The van der Waals surface area contributed by atoms with Crippen molar-refractivity contribution in [1.82, 2.24) is 9.88 Å². The zero-order chi connectivity index (χ0) is 18.8. The second-order valence-corrected chi connectivity index (χ2v) is 6.35. The molecule has 0 spiro atoms. The van der Waals surface area contributed by atoms with Crippen LogP contribution in [0.3, 0.4) is 0 Å². The van der Waals surface area contributed by atoms with Crippen molar-refractivity contribution in [1.29, 1.82) is 0 Å². The summed E-state index contributed by atoms with van der Waals surface area (Å²) < 4.78 is 17.7. The van der Waals surface area contributed by atoms with Gasteiger partial charge < -0.3 is 19.2 Å². The minimum atomic E-state index is -0.543. The normalized spacial score (nSPS) is 14.1. The molecule has 0 saturated heterocycles. The summed E-state index contributed by atoms with van der Waals surface area (Å²) in [6, 6.07) is 12.5. The van der Waals surface area contributed by atoms with Gasteiger partial charge in [0.1, 0.15) is 19.8 Å². The SMILES string of the molecule is CCC(NC(=O)Cn1c(=O)oc2ccccc21)c1ccc2c(c1)OCCO2. The van der Waals surface area contributed by atoms with Crippen molar-refractivity contribution in [3.63, 3.8) is 0 Å². The zero-order valence-electron chi connectivity index (χ0n) is 14.9. The molecule has 1 aliphatic heterocycles. The molecule has 0 fully saturated rings. The fraction of sp³-hybridized carbons (Fsp3) is 0.300. The smallest absolute Gasteiger partial charge is 0.420 e. The fourth-order valence-corrected chi connectivity index (χ4v) is 3.25. The van der Waals surface area contributed by atoms with Crippen molar-refractivity contribution in [2.24, 2.45) is 0 Å². The number of rotatable bonds is 5. The van der Waals surface area contributed by atoms with E-state index in [1.807, 2.05) is 25.1 Å². The number of benzene rings is 2. The quantitative estimate of drug-likeness (QED) is 0.749. The third kappa shape index (κ3) is 3.40. The van der Waals surface area contributed by atoms with E-state index in [1.165, 1.54) is 4.57 Å². The van der Waals surface area contributed by atoms with E-state index in [0.29, 0.717) is 42.2 Å². The number of fused-ring (bicyclic) bond motifs is 2. The van der Waals surface area contributed by atoms with Crippen molar-refractivity contribution in [2.75, 3.05) is 13.2 Å². The first-order valence-corrected chi connectivity index (χ1v) is 8.93. The highest BCUT2D eigenvalue weighted by atomic mass is 16.6. The Balaban J connectivity index is 1.52. The molecule has 7 heteroatoms. The molecule has 1 atom stereocenters. The predicted molar refractivity (Wildman–Crippen MR) is 99.1 cm³/mol. The maximum absolute atomic E-state index is 12.6. The number of carbonyl (C=O) groups is 1. The Kier molecular flexibility index (Phi) is 4.58. The summed E-state index contributed by atoms with van der Waals surface area (Å²) in [7, 11) is 0. The first-order valence-electron chi connectivity index (χ1n) is 8.93. The monoisotopic (exact) mass is 368 g/mol. The molecule has 1 amide bonds. The van der Waals surface area contributed by atoms with Crippen LogP contribution in [-0.4, -0.2) is 23.7 Å². The molecular formula is C20H20N2O5. The lowest BCUT2D eigenvalue weighted by Gasteiger charge is -2.22. The molecule has 0 aliphatic carbocycles. The largest absolute Gasteiger partial charge is 0.486 e. The van der Waals surface area contributed by atoms with Crippen LogP contribution in [-0.2, 0) is 11.3 Å². The zero-order valence-corrected chi connectivity index (χ0v) is 14.9. The van der Waals surface area contributed by atoms with E-state index in [2.05, 4.69) is 5.32 Å². The maximum atomic E-state index is 12.6. The Morgan fingerprint density at radius 1 is 1.15 bits per heavy atom. The molecule has 2 heterocycles.